The van der Waals surface area contributed by atoms with Gasteiger partial charge in [-0.25, -0.2) is 0 Å². The maximum absolute atomic E-state index is 5.81. The first kappa shape index (κ1) is 13.2. The van der Waals surface area contributed by atoms with Gasteiger partial charge in [0.25, 0.3) is 0 Å². The molecule has 0 atom stereocenters. The molecule has 0 aliphatic rings. The van der Waals surface area contributed by atoms with Crippen LogP contribution in [0.15, 0.2) is 17.5 Å². The Balaban J connectivity index is 2.01. The zero-order chi connectivity index (χ0) is 13.0. The van der Waals surface area contributed by atoms with E-state index in [4.69, 9.17) is 10.5 Å². The fourth-order valence-electron chi connectivity index (χ4n) is 1.64. The van der Waals surface area contributed by atoms with Crippen molar-refractivity contribution in [2.75, 3.05) is 30.8 Å². The molecule has 2 heterocycles. The van der Waals surface area contributed by atoms with Crippen LogP contribution in [-0.4, -0.2) is 24.6 Å². The van der Waals surface area contributed by atoms with Crippen molar-refractivity contribution >= 4 is 33.7 Å². The molecule has 0 aliphatic carbocycles. The van der Waals surface area contributed by atoms with E-state index in [2.05, 4.69) is 26.8 Å². The summed E-state index contributed by atoms with van der Waals surface area (Å²) < 4.78 is 9.71. The largest absolute Gasteiger partial charge is 0.487 e. The third kappa shape index (κ3) is 2.94. The van der Waals surface area contributed by atoms with Gasteiger partial charge < -0.3 is 15.4 Å². The average molecular weight is 283 g/mol. The van der Waals surface area contributed by atoms with Crippen LogP contribution >= 0.6 is 22.9 Å². The SMILES string of the molecule is CCOc1c(N)nsc1N(C)CCc1cccs1. The van der Waals surface area contributed by atoms with Gasteiger partial charge in [-0.15, -0.1) is 11.3 Å². The van der Waals surface area contributed by atoms with Gasteiger partial charge in [0, 0.05) is 18.5 Å². The van der Waals surface area contributed by atoms with E-state index in [0.717, 1.165) is 23.7 Å². The Morgan fingerprint density at radius 2 is 2.33 bits per heavy atom. The van der Waals surface area contributed by atoms with Crippen LogP contribution in [0.25, 0.3) is 0 Å². The van der Waals surface area contributed by atoms with Crippen molar-refractivity contribution in [2.45, 2.75) is 13.3 Å². The lowest BCUT2D eigenvalue weighted by Gasteiger charge is -2.17. The van der Waals surface area contributed by atoms with Gasteiger partial charge in [-0.3, -0.25) is 0 Å². The van der Waals surface area contributed by atoms with Crippen molar-refractivity contribution in [3.63, 3.8) is 0 Å². The summed E-state index contributed by atoms with van der Waals surface area (Å²) in [6.07, 6.45) is 1.03. The van der Waals surface area contributed by atoms with Crippen molar-refractivity contribution in [1.29, 1.82) is 0 Å². The molecule has 4 nitrogen and oxygen atoms in total. The van der Waals surface area contributed by atoms with Crippen molar-refractivity contribution < 1.29 is 4.74 Å². The molecule has 0 bridgehead atoms. The molecule has 0 spiro atoms. The summed E-state index contributed by atoms with van der Waals surface area (Å²) in [4.78, 5) is 3.54. The highest BCUT2D eigenvalue weighted by Crippen LogP contribution is 2.37. The molecule has 0 unspecified atom stereocenters. The molecule has 0 saturated heterocycles. The van der Waals surface area contributed by atoms with Gasteiger partial charge in [-0.05, 0) is 36.3 Å². The Labute approximate surface area is 115 Å². The molecule has 2 aromatic rings. The highest BCUT2D eigenvalue weighted by atomic mass is 32.1. The van der Waals surface area contributed by atoms with Gasteiger partial charge in [0.1, 0.15) is 0 Å². The van der Waals surface area contributed by atoms with Gasteiger partial charge >= 0.3 is 0 Å². The number of aromatic nitrogens is 1. The quantitative estimate of drug-likeness (QED) is 0.885. The van der Waals surface area contributed by atoms with Crippen molar-refractivity contribution in [1.82, 2.24) is 4.37 Å². The van der Waals surface area contributed by atoms with E-state index in [1.165, 1.54) is 16.4 Å². The van der Waals surface area contributed by atoms with Gasteiger partial charge in [0.05, 0.1) is 6.61 Å². The number of thiophene rings is 1. The summed E-state index contributed by atoms with van der Waals surface area (Å²) >= 11 is 3.18. The Morgan fingerprint density at radius 3 is 3.00 bits per heavy atom. The molecule has 0 fully saturated rings. The third-order valence-corrected chi connectivity index (χ3v) is 4.46. The summed E-state index contributed by atoms with van der Waals surface area (Å²) in [5, 5.41) is 3.11. The van der Waals surface area contributed by atoms with E-state index in [9.17, 15) is 0 Å². The second-order valence-corrected chi connectivity index (χ2v) is 5.67. The summed E-state index contributed by atoms with van der Waals surface area (Å²) in [5.74, 6) is 1.20. The number of anilines is 2. The maximum atomic E-state index is 5.81. The minimum atomic E-state index is 0.486. The van der Waals surface area contributed by atoms with Crippen LogP contribution in [0.1, 0.15) is 11.8 Å². The minimum absolute atomic E-state index is 0.486. The van der Waals surface area contributed by atoms with Gasteiger partial charge in [0.2, 0.25) is 0 Å². The molecule has 2 N–H and O–H groups in total. The first-order chi connectivity index (χ1) is 8.72. The standard InChI is InChI=1S/C12H17N3OS2/c1-3-16-10-11(13)14-18-12(10)15(2)7-6-9-5-4-8-17-9/h4-5,8H,3,6-7H2,1-2H3,(H2,13,14). The zero-order valence-corrected chi connectivity index (χ0v) is 12.2. The molecule has 98 valence electrons. The molecule has 18 heavy (non-hydrogen) atoms. The van der Waals surface area contributed by atoms with E-state index in [0.29, 0.717) is 12.4 Å². The molecule has 0 radical (unpaired) electrons. The lowest BCUT2D eigenvalue weighted by Crippen LogP contribution is -2.19. The molecule has 6 heteroatoms. The predicted octanol–water partition coefficient (Wildman–Crippen LogP) is 2.86. The summed E-state index contributed by atoms with van der Waals surface area (Å²) in [6, 6.07) is 4.24. The van der Waals surface area contributed by atoms with Crippen LogP contribution in [0.5, 0.6) is 5.75 Å². The Kier molecular flexibility index (Phi) is 4.43. The van der Waals surface area contributed by atoms with Crippen LogP contribution in [0, 0.1) is 0 Å². The van der Waals surface area contributed by atoms with Crippen LogP contribution in [0.4, 0.5) is 10.8 Å². The van der Waals surface area contributed by atoms with Gasteiger partial charge in [-0.1, -0.05) is 6.07 Å². The van der Waals surface area contributed by atoms with Crippen LogP contribution in [0.2, 0.25) is 0 Å². The van der Waals surface area contributed by atoms with E-state index < -0.39 is 0 Å². The van der Waals surface area contributed by atoms with Crippen LogP contribution in [-0.2, 0) is 6.42 Å². The molecular weight excluding hydrogens is 266 g/mol. The van der Waals surface area contributed by atoms with Crippen LogP contribution < -0.4 is 15.4 Å². The first-order valence-corrected chi connectivity index (χ1v) is 7.49. The number of nitrogens with two attached hydrogens (primary N) is 1. The third-order valence-electron chi connectivity index (χ3n) is 2.57. The lowest BCUT2D eigenvalue weighted by molar-refractivity contribution is 0.343. The number of ether oxygens (including phenoxy) is 1. The monoisotopic (exact) mass is 283 g/mol. The van der Waals surface area contributed by atoms with Gasteiger partial charge in [-0.2, -0.15) is 4.37 Å². The highest BCUT2D eigenvalue weighted by Gasteiger charge is 2.16. The second-order valence-electron chi connectivity index (χ2n) is 3.89. The molecule has 0 aliphatic heterocycles. The topological polar surface area (TPSA) is 51.4 Å². The van der Waals surface area contributed by atoms with E-state index in [1.54, 1.807) is 11.3 Å². The van der Waals surface area contributed by atoms with E-state index in [-0.39, 0.29) is 0 Å². The number of nitrogens with zero attached hydrogens (tertiary/aromatic N) is 2. The average Bonchev–Trinajstić information content (AvgIpc) is 2.98. The summed E-state index contributed by atoms with van der Waals surface area (Å²) in [5.41, 5.74) is 5.81. The summed E-state index contributed by atoms with van der Waals surface area (Å²) in [7, 11) is 2.04. The molecule has 2 rings (SSSR count). The van der Waals surface area contributed by atoms with Crippen molar-refractivity contribution in [3.8, 4) is 5.75 Å². The van der Waals surface area contributed by atoms with Crippen LogP contribution in [0.3, 0.4) is 0 Å². The number of nitrogen functional groups attached to an aromatic ring is 1. The number of likely N-dealkylation sites (N-methyl/N-ethyl adjacent to an activating group) is 1. The van der Waals surface area contributed by atoms with Crippen molar-refractivity contribution in [2.24, 2.45) is 0 Å². The molecule has 0 aromatic carbocycles. The fraction of sp³-hybridized carbons (Fsp3) is 0.417. The Morgan fingerprint density at radius 1 is 1.50 bits per heavy atom. The molecule has 2 aromatic heterocycles. The maximum Gasteiger partial charge on any atom is 0.197 e. The number of hydrogen-bond donors (Lipinski definition) is 1. The number of rotatable bonds is 6. The number of hydrogen-bond acceptors (Lipinski definition) is 6. The molecule has 0 saturated carbocycles. The molecular formula is C12H17N3OS2. The first-order valence-electron chi connectivity index (χ1n) is 5.83. The highest BCUT2D eigenvalue weighted by molar-refractivity contribution is 7.11. The fourth-order valence-corrected chi connectivity index (χ4v) is 3.09. The second kappa shape index (κ2) is 6.06. The Bertz CT molecular complexity index is 481. The van der Waals surface area contributed by atoms with Gasteiger partial charge in [0.15, 0.2) is 16.6 Å². The molecule has 0 amide bonds. The minimum Gasteiger partial charge on any atom is -0.487 e. The smallest absolute Gasteiger partial charge is 0.197 e. The van der Waals surface area contributed by atoms with E-state index in [1.807, 2.05) is 14.0 Å². The zero-order valence-electron chi connectivity index (χ0n) is 10.5. The van der Waals surface area contributed by atoms with E-state index >= 15 is 0 Å². The van der Waals surface area contributed by atoms with Crippen molar-refractivity contribution in [3.05, 3.63) is 22.4 Å². The summed E-state index contributed by atoms with van der Waals surface area (Å²) in [6.45, 7) is 3.49. The predicted molar refractivity (Wildman–Crippen MR) is 79.0 cm³/mol. The lowest BCUT2D eigenvalue weighted by atomic mass is 10.3. The Hall–Kier alpha value is -1.27. The normalized spacial score (nSPS) is 10.6.